The summed E-state index contributed by atoms with van der Waals surface area (Å²) < 4.78 is 7.00. The van der Waals surface area contributed by atoms with Gasteiger partial charge in [0, 0.05) is 12.4 Å². The van der Waals surface area contributed by atoms with Crippen molar-refractivity contribution in [3.63, 3.8) is 0 Å². The van der Waals surface area contributed by atoms with Gasteiger partial charge >= 0.3 is 0 Å². The maximum absolute atomic E-state index is 12.7. The number of pyridine rings is 1. The molecule has 2 atom stereocenters. The van der Waals surface area contributed by atoms with E-state index < -0.39 is 29.2 Å². The van der Waals surface area contributed by atoms with Crippen LogP contribution in [0, 0.1) is 6.92 Å². The van der Waals surface area contributed by atoms with E-state index in [0.717, 1.165) is 0 Å². The van der Waals surface area contributed by atoms with Crippen LogP contribution in [0.1, 0.15) is 39.3 Å². The number of aromatic nitrogens is 3. The van der Waals surface area contributed by atoms with Crippen molar-refractivity contribution in [3.05, 3.63) is 51.5 Å². The van der Waals surface area contributed by atoms with Gasteiger partial charge in [-0.15, -0.1) is 0 Å². The van der Waals surface area contributed by atoms with E-state index in [4.69, 9.17) is 4.74 Å². The molecule has 0 bridgehead atoms. The molecule has 2 N–H and O–H groups in total. The van der Waals surface area contributed by atoms with Gasteiger partial charge in [-0.25, -0.2) is 9.97 Å². The number of aryl methyl sites for hydroxylation is 1. The third-order valence-electron chi connectivity index (χ3n) is 4.87. The Labute approximate surface area is 159 Å². The van der Waals surface area contributed by atoms with Crippen LogP contribution in [-0.4, -0.2) is 55.2 Å². The molecule has 0 aliphatic carbocycles. The van der Waals surface area contributed by atoms with Crippen LogP contribution in [0.5, 0.6) is 5.75 Å². The van der Waals surface area contributed by atoms with Gasteiger partial charge < -0.3 is 24.6 Å². The Morgan fingerprint density at radius 2 is 2.21 bits per heavy atom. The van der Waals surface area contributed by atoms with E-state index in [-0.39, 0.29) is 30.4 Å². The molecule has 0 aromatic carbocycles. The molecule has 146 valence electrons. The molecule has 1 saturated heterocycles. The Hall–Kier alpha value is -3.27. The molecule has 2 amide bonds. The summed E-state index contributed by atoms with van der Waals surface area (Å²) in [4.78, 5) is 47.4. The second-order valence-corrected chi connectivity index (χ2v) is 6.85. The fraction of sp³-hybridized carbons (Fsp3) is 0.389. The van der Waals surface area contributed by atoms with Crippen molar-refractivity contribution < 1.29 is 19.4 Å². The Morgan fingerprint density at radius 3 is 2.96 bits per heavy atom. The number of carbonyl (C=O) groups excluding carboxylic acids is 2. The lowest BCUT2D eigenvalue weighted by Crippen LogP contribution is -2.49. The van der Waals surface area contributed by atoms with E-state index in [9.17, 15) is 19.5 Å². The van der Waals surface area contributed by atoms with Gasteiger partial charge in [0.1, 0.15) is 11.4 Å². The Morgan fingerprint density at radius 1 is 1.43 bits per heavy atom. The molecule has 2 aromatic heterocycles. The average molecular weight is 385 g/mol. The van der Waals surface area contributed by atoms with Crippen molar-refractivity contribution in [2.75, 3.05) is 6.61 Å². The van der Waals surface area contributed by atoms with E-state index in [1.807, 2.05) is 6.92 Å². The maximum Gasteiger partial charge on any atom is 0.276 e. The van der Waals surface area contributed by atoms with Crippen LogP contribution in [0.4, 0.5) is 0 Å². The van der Waals surface area contributed by atoms with Crippen LogP contribution in [-0.2, 0) is 17.8 Å². The van der Waals surface area contributed by atoms with E-state index >= 15 is 0 Å². The fourth-order valence-corrected chi connectivity index (χ4v) is 3.51. The minimum Gasteiger partial charge on any atom is -0.503 e. The third kappa shape index (κ3) is 2.91. The quantitative estimate of drug-likeness (QED) is 0.748. The molecule has 1 fully saturated rings. The molecule has 10 nitrogen and oxygen atoms in total. The van der Waals surface area contributed by atoms with Crippen molar-refractivity contribution in [1.29, 1.82) is 0 Å². The van der Waals surface area contributed by atoms with Gasteiger partial charge in [0.05, 0.1) is 31.4 Å². The molecule has 0 radical (unpaired) electrons. The zero-order valence-corrected chi connectivity index (χ0v) is 15.4. The van der Waals surface area contributed by atoms with Crippen LogP contribution in [0.15, 0.2) is 23.3 Å². The van der Waals surface area contributed by atoms with Crippen LogP contribution >= 0.6 is 0 Å². The highest BCUT2D eigenvalue weighted by atomic mass is 16.5. The molecule has 0 saturated carbocycles. The third-order valence-corrected chi connectivity index (χ3v) is 4.87. The van der Waals surface area contributed by atoms with Gasteiger partial charge in [-0.1, -0.05) is 0 Å². The van der Waals surface area contributed by atoms with Crippen LogP contribution in [0.2, 0.25) is 0 Å². The second kappa shape index (κ2) is 6.71. The number of aromatic hydroxyl groups is 1. The zero-order chi connectivity index (χ0) is 20.0. The van der Waals surface area contributed by atoms with Crippen molar-refractivity contribution in [2.45, 2.75) is 39.2 Å². The van der Waals surface area contributed by atoms with Gasteiger partial charge in [0.15, 0.2) is 17.7 Å². The Kier molecular flexibility index (Phi) is 4.34. The highest BCUT2D eigenvalue weighted by Crippen LogP contribution is 2.29. The van der Waals surface area contributed by atoms with Crippen LogP contribution < -0.4 is 10.7 Å². The summed E-state index contributed by atoms with van der Waals surface area (Å²) in [5, 5.41) is 13.0. The predicted octanol–water partition coefficient (Wildman–Crippen LogP) is -0.217. The summed E-state index contributed by atoms with van der Waals surface area (Å²) in [6.45, 7) is 4.26. The normalized spacial score (nSPS) is 20.6. The first-order valence-corrected chi connectivity index (χ1v) is 8.84. The van der Waals surface area contributed by atoms with E-state index in [2.05, 4.69) is 15.3 Å². The van der Waals surface area contributed by atoms with Gasteiger partial charge in [-0.05, 0) is 19.9 Å². The Balaban J connectivity index is 1.63. The molecule has 0 unspecified atom stereocenters. The molecule has 4 heterocycles. The summed E-state index contributed by atoms with van der Waals surface area (Å²) in [6.07, 6.45) is 2.37. The largest absolute Gasteiger partial charge is 0.503 e. The summed E-state index contributed by atoms with van der Waals surface area (Å²) in [6, 6.07) is 1.50. The van der Waals surface area contributed by atoms with Gasteiger partial charge in [0.2, 0.25) is 5.43 Å². The van der Waals surface area contributed by atoms with E-state index in [1.54, 1.807) is 19.2 Å². The van der Waals surface area contributed by atoms with Gasteiger partial charge in [0.25, 0.3) is 11.8 Å². The second-order valence-electron chi connectivity index (χ2n) is 6.85. The molecule has 2 aliphatic heterocycles. The number of hydrogen-bond donors (Lipinski definition) is 2. The number of nitrogens with zero attached hydrogens (tertiary/aromatic N) is 4. The van der Waals surface area contributed by atoms with Crippen LogP contribution in [0.3, 0.4) is 0 Å². The predicted molar refractivity (Wildman–Crippen MR) is 95.7 cm³/mol. The minimum absolute atomic E-state index is 0.0973. The number of nitrogens with one attached hydrogen (secondary N) is 1. The van der Waals surface area contributed by atoms with E-state index in [1.165, 1.54) is 15.7 Å². The summed E-state index contributed by atoms with van der Waals surface area (Å²) >= 11 is 0. The van der Waals surface area contributed by atoms with Crippen molar-refractivity contribution >= 4 is 11.8 Å². The summed E-state index contributed by atoms with van der Waals surface area (Å²) in [5.41, 5.74) is -0.676. The monoisotopic (exact) mass is 385 g/mol. The number of rotatable bonds is 3. The molecule has 2 aliphatic rings. The first-order valence-electron chi connectivity index (χ1n) is 8.84. The fourth-order valence-electron chi connectivity index (χ4n) is 3.51. The summed E-state index contributed by atoms with van der Waals surface area (Å²) in [7, 11) is 0. The summed E-state index contributed by atoms with van der Waals surface area (Å²) in [5.74, 6) is -1.32. The molecule has 10 heteroatoms. The number of amides is 2. The maximum atomic E-state index is 12.7. The SMILES string of the molecule is Cc1nccc(CNC(=O)c2cn3c(c(O)c2=O)C(=O)N2[C@@H](C)CO[C@@H]2C3)n1. The Bertz CT molecular complexity index is 1030. The number of ether oxygens (including phenoxy) is 1. The number of hydrogen-bond acceptors (Lipinski definition) is 7. The first kappa shape index (κ1) is 18.1. The molecular formula is C18H19N5O5. The zero-order valence-electron chi connectivity index (χ0n) is 15.4. The average Bonchev–Trinajstić information content (AvgIpc) is 3.03. The molecule has 4 rings (SSSR count). The van der Waals surface area contributed by atoms with Gasteiger partial charge in [-0.2, -0.15) is 0 Å². The van der Waals surface area contributed by atoms with Crippen molar-refractivity contribution in [1.82, 2.24) is 24.8 Å². The van der Waals surface area contributed by atoms with Crippen molar-refractivity contribution in [3.8, 4) is 5.75 Å². The minimum atomic E-state index is -0.887. The number of fused-ring (bicyclic) bond motifs is 2. The highest BCUT2D eigenvalue weighted by Gasteiger charge is 2.42. The van der Waals surface area contributed by atoms with Gasteiger partial charge in [-0.3, -0.25) is 14.4 Å². The lowest BCUT2D eigenvalue weighted by atomic mass is 10.1. The lowest BCUT2D eigenvalue weighted by Gasteiger charge is -2.33. The number of carbonyl (C=O) groups is 2. The highest BCUT2D eigenvalue weighted by molar-refractivity contribution is 5.99. The smallest absolute Gasteiger partial charge is 0.276 e. The molecule has 2 aromatic rings. The van der Waals surface area contributed by atoms with Crippen LogP contribution in [0.25, 0.3) is 0 Å². The first-order chi connectivity index (χ1) is 13.4. The topological polar surface area (TPSA) is 127 Å². The van der Waals surface area contributed by atoms with E-state index in [0.29, 0.717) is 18.1 Å². The molecular weight excluding hydrogens is 366 g/mol. The molecule has 28 heavy (non-hydrogen) atoms. The standard InChI is InChI=1S/C18H19N5O5/c1-9-8-28-13-7-22-6-12(15(24)16(25)14(22)18(27)23(9)13)17(26)20-5-11-3-4-19-10(2)21-11/h3-4,6,9,13,25H,5,7-8H2,1-2H3,(H,20,26)/t9-,13+/m0/s1. The van der Waals surface area contributed by atoms with Crippen molar-refractivity contribution in [2.24, 2.45) is 0 Å². The lowest BCUT2D eigenvalue weighted by molar-refractivity contribution is 0.00624. The molecule has 0 spiro atoms.